The van der Waals surface area contributed by atoms with Gasteiger partial charge in [0.05, 0.1) is 58.8 Å². The average Bonchev–Trinajstić information content (AvgIpc) is 3.37. The molecule has 13 nitrogen and oxygen atoms in total. The predicted octanol–water partition coefficient (Wildman–Crippen LogP) is 3.70. The number of benzene rings is 2. The molecule has 3 N–H and O–H groups in total. The molecule has 0 saturated carbocycles. The van der Waals surface area contributed by atoms with Gasteiger partial charge >= 0.3 is 0 Å². The predicted molar refractivity (Wildman–Crippen MR) is 156 cm³/mol. The number of sulfonamides is 1. The third kappa shape index (κ3) is 6.95. The molecule has 15 heteroatoms. The highest BCUT2D eigenvalue weighted by Gasteiger charge is 2.29. The summed E-state index contributed by atoms with van der Waals surface area (Å²) < 4.78 is 48.6. The van der Waals surface area contributed by atoms with E-state index >= 15 is 0 Å². The van der Waals surface area contributed by atoms with E-state index in [0.29, 0.717) is 52.9 Å². The summed E-state index contributed by atoms with van der Waals surface area (Å²) in [6, 6.07) is 7.97. The fraction of sp³-hybridized carbons (Fsp3) is 0.346. The normalized spacial score (nSPS) is 14.7. The lowest BCUT2D eigenvalue weighted by atomic mass is 10.2. The van der Waals surface area contributed by atoms with Crippen LogP contribution in [0.15, 0.2) is 36.5 Å². The minimum atomic E-state index is -3.77. The van der Waals surface area contributed by atoms with Crippen LogP contribution in [0.2, 0.25) is 5.02 Å². The highest BCUT2D eigenvalue weighted by molar-refractivity contribution is 7.92. The molecule has 0 aliphatic carbocycles. The van der Waals surface area contributed by atoms with Crippen molar-refractivity contribution in [1.82, 2.24) is 15.3 Å². The van der Waals surface area contributed by atoms with Gasteiger partial charge in [-0.05, 0) is 18.6 Å². The van der Waals surface area contributed by atoms with Gasteiger partial charge in [-0.3, -0.25) is 9.10 Å². The maximum atomic E-state index is 12.9. The maximum absolute atomic E-state index is 12.9. The highest BCUT2D eigenvalue weighted by atomic mass is 35.5. The lowest BCUT2D eigenvalue weighted by Gasteiger charge is -2.28. The average molecular weight is 607 g/mol. The Balaban J connectivity index is 1.69. The first-order chi connectivity index (χ1) is 19.6. The maximum Gasteiger partial charge on any atom is 0.232 e. The molecule has 220 valence electrons. The lowest BCUT2D eigenvalue weighted by molar-refractivity contribution is -0.119. The molecule has 41 heavy (non-hydrogen) atoms. The SMILES string of the molecule is COc1ccc(Nc2nc(Nc3cc(OC)c(OC)c(OC)c3)ncc2Cl)c(N(C[C@@H]2CCC(=O)N2)S(C)(=O)=O)c1. The molecule has 4 rings (SSSR count). The minimum absolute atomic E-state index is 0.0396. The Morgan fingerprint density at radius 3 is 2.32 bits per heavy atom. The Bertz CT molecular complexity index is 1510. The summed E-state index contributed by atoms with van der Waals surface area (Å²) in [5, 5.41) is 9.22. The number of methoxy groups -OCH3 is 4. The van der Waals surface area contributed by atoms with Gasteiger partial charge in [-0.2, -0.15) is 4.98 Å². The first-order valence-electron chi connectivity index (χ1n) is 12.4. The van der Waals surface area contributed by atoms with Gasteiger partial charge in [0.2, 0.25) is 27.6 Å². The molecular weight excluding hydrogens is 576 g/mol. The third-order valence-corrected chi connectivity index (χ3v) is 7.69. The molecule has 0 spiro atoms. The number of nitrogens with zero attached hydrogens (tertiary/aromatic N) is 3. The van der Waals surface area contributed by atoms with Crippen molar-refractivity contribution < 1.29 is 32.2 Å². The number of ether oxygens (including phenoxy) is 4. The molecule has 1 atom stereocenters. The molecule has 2 aromatic carbocycles. The summed E-state index contributed by atoms with van der Waals surface area (Å²) in [5.74, 6) is 2.02. The van der Waals surface area contributed by atoms with Crippen LogP contribution in [0.5, 0.6) is 23.0 Å². The molecule has 0 radical (unpaired) electrons. The Morgan fingerprint density at radius 1 is 1.05 bits per heavy atom. The monoisotopic (exact) mass is 606 g/mol. The lowest BCUT2D eigenvalue weighted by Crippen LogP contribution is -2.41. The van der Waals surface area contributed by atoms with E-state index in [-0.39, 0.29) is 35.3 Å². The molecule has 1 amide bonds. The number of aromatic nitrogens is 2. The number of carbonyl (C=O) groups excluding carboxylic acids is 1. The number of hydrogen-bond acceptors (Lipinski definition) is 11. The Kier molecular flexibility index (Phi) is 9.13. The largest absolute Gasteiger partial charge is 0.497 e. The summed E-state index contributed by atoms with van der Waals surface area (Å²) in [7, 11) is 2.24. The van der Waals surface area contributed by atoms with Gasteiger partial charge in [0.1, 0.15) is 10.8 Å². The molecule has 2 heterocycles. The van der Waals surface area contributed by atoms with Crippen molar-refractivity contribution in [3.8, 4) is 23.0 Å². The van der Waals surface area contributed by atoms with E-state index in [2.05, 4.69) is 25.9 Å². The van der Waals surface area contributed by atoms with Gasteiger partial charge in [-0.15, -0.1) is 0 Å². The Hall–Kier alpha value is -4.17. The zero-order valence-corrected chi connectivity index (χ0v) is 24.7. The molecule has 1 aliphatic rings. The van der Waals surface area contributed by atoms with Crippen LogP contribution in [0.25, 0.3) is 0 Å². The van der Waals surface area contributed by atoms with Crippen molar-refractivity contribution in [3.63, 3.8) is 0 Å². The van der Waals surface area contributed by atoms with Crippen LogP contribution in [0.3, 0.4) is 0 Å². The van der Waals surface area contributed by atoms with Gasteiger partial charge in [-0.25, -0.2) is 13.4 Å². The number of rotatable bonds is 12. The van der Waals surface area contributed by atoms with Crippen molar-refractivity contribution >= 4 is 56.4 Å². The van der Waals surface area contributed by atoms with Crippen LogP contribution in [-0.2, 0) is 14.8 Å². The van der Waals surface area contributed by atoms with Crippen LogP contribution in [0, 0.1) is 0 Å². The van der Waals surface area contributed by atoms with E-state index in [1.54, 1.807) is 30.3 Å². The molecule has 1 aliphatic heterocycles. The fourth-order valence-electron chi connectivity index (χ4n) is 4.30. The number of carbonyl (C=O) groups is 1. The van der Waals surface area contributed by atoms with Gasteiger partial charge in [0.25, 0.3) is 0 Å². The van der Waals surface area contributed by atoms with Crippen LogP contribution in [0.4, 0.5) is 28.8 Å². The van der Waals surface area contributed by atoms with Crippen LogP contribution < -0.4 is 39.2 Å². The Labute approximate surface area is 243 Å². The molecule has 0 unspecified atom stereocenters. The molecule has 1 aromatic heterocycles. The quantitative estimate of drug-likeness (QED) is 0.276. The molecule has 1 saturated heterocycles. The van der Waals surface area contributed by atoms with Gasteiger partial charge < -0.3 is 34.9 Å². The Morgan fingerprint density at radius 2 is 1.76 bits per heavy atom. The van der Waals surface area contributed by atoms with Crippen LogP contribution in [-0.4, -0.2) is 71.6 Å². The van der Waals surface area contributed by atoms with E-state index in [1.807, 2.05) is 0 Å². The summed E-state index contributed by atoms with van der Waals surface area (Å²) in [6.45, 7) is 0.0396. The summed E-state index contributed by atoms with van der Waals surface area (Å²) in [4.78, 5) is 20.5. The van der Waals surface area contributed by atoms with Crippen LogP contribution in [0.1, 0.15) is 12.8 Å². The van der Waals surface area contributed by atoms with Crippen LogP contribution >= 0.6 is 11.6 Å². The smallest absolute Gasteiger partial charge is 0.232 e. The summed E-state index contributed by atoms with van der Waals surface area (Å²) in [5.41, 5.74) is 1.24. The summed E-state index contributed by atoms with van der Waals surface area (Å²) in [6.07, 6.45) is 3.36. The second-order valence-electron chi connectivity index (χ2n) is 9.03. The van der Waals surface area contributed by atoms with Crippen molar-refractivity contribution in [1.29, 1.82) is 0 Å². The van der Waals surface area contributed by atoms with Crippen molar-refractivity contribution in [2.24, 2.45) is 0 Å². The molecule has 0 bridgehead atoms. The van der Waals surface area contributed by atoms with E-state index < -0.39 is 10.0 Å². The fourth-order valence-corrected chi connectivity index (χ4v) is 5.40. The second-order valence-corrected chi connectivity index (χ2v) is 11.3. The minimum Gasteiger partial charge on any atom is -0.497 e. The number of halogens is 1. The highest BCUT2D eigenvalue weighted by Crippen LogP contribution is 2.41. The topological polar surface area (TPSA) is 153 Å². The van der Waals surface area contributed by atoms with Gasteiger partial charge in [0, 0.05) is 36.3 Å². The number of amides is 1. The zero-order chi connectivity index (χ0) is 29.7. The number of hydrogen-bond donors (Lipinski definition) is 3. The second kappa shape index (κ2) is 12.6. The first-order valence-corrected chi connectivity index (χ1v) is 14.6. The van der Waals surface area contributed by atoms with Gasteiger partial charge in [-0.1, -0.05) is 11.6 Å². The van der Waals surface area contributed by atoms with Gasteiger partial charge in [0.15, 0.2) is 17.3 Å². The van der Waals surface area contributed by atoms with Crippen molar-refractivity contribution in [3.05, 3.63) is 41.6 Å². The van der Waals surface area contributed by atoms with Crippen molar-refractivity contribution in [2.45, 2.75) is 18.9 Å². The van der Waals surface area contributed by atoms with E-state index in [0.717, 1.165) is 6.26 Å². The molecular formula is C26H31ClN6O7S. The third-order valence-electron chi connectivity index (χ3n) is 6.26. The molecule has 3 aromatic rings. The van der Waals surface area contributed by atoms with E-state index in [1.165, 1.54) is 38.9 Å². The number of nitrogens with one attached hydrogen (secondary N) is 3. The summed E-state index contributed by atoms with van der Waals surface area (Å²) >= 11 is 6.44. The standard InChI is InChI=1S/C26H31ClN6O7S/c1-37-17-7-8-19(20(12-17)33(41(5,35)36)14-15-6-9-23(34)29-15)31-25-18(27)13-28-26(32-25)30-16-10-21(38-2)24(40-4)22(11-16)39-3/h7-8,10-13,15H,6,9,14H2,1-5H3,(H,29,34)(H2,28,30,31,32)/t15-/m0/s1. The van der Waals surface area contributed by atoms with E-state index in [4.69, 9.17) is 30.5 Å². The van der Waals surface area contributed by atoms with E-state index in [9.17, 15) is 13.2 Å². The first kappa shape index (κ1) is 29.8. The zero-order valence-electron chi connectivity index (χ0n) is 23.1. The number of anilines is 5. The van der Waals surface area contributed by atoms with Crippen molar-refractivity contribution in [2.75, 3.05) is 56.2 Å². The molecule has 1 fully saturated rings.